The van der Waals surface area contributed by atoms with Crippen LogP contribution < -0.4 is 5.32 Å². The Labute approximate surface area is 86.8 Å². The molecule has 14 heavy (non-hydrogen) atoms. The van der Waals surface area contributed by atoms with Crippen LogP contribution in [-0.4, -0.2) is 0 Å². The Morgan fingerprint density at radius 1 is 1.29 bits per heavy atom. The Morgan fingerprint density at radius 3 is 2.50 bits per heavy atom. The van der Waals surface area contributed by atoms with Gasteiger partial charge in [-0.3, -0.25) is 0 Å². The van der Waals surface area contributed by atoms with Gasteiger partial charge in [-0.15, -0.1) is 0 Å². The maximum Gasteiger partial charge on any atom is 0.0397 e. The highest BCUT2D eigenvalue weighted by molar-refractivity contribution is 5.29. The number of nitrogens with one attached hydrogen (secondary N) is 1. The van der Waals surface area contributed by atoms with Crippen molar-refractivity contribution in [1.82, 2.24) is 5.32 Å². The molecule has 0 radical (unpaired) electrons. The Hall–Kier alpha value is -1.24. The molecule has 1 aromatic rings. The Morgan fingerprint density at radius 2 is 1.93 bits per heavy atom. The predicted octanol–water partition coefficient (Wildman–Crippen LogP) is 3.18. The van der Waals surface area contributed by atoms with Crippen molar-refractivity contribution in [1.29, 1.82) is 0 Å². The maximum absolute atomic E-state index is 3.82. The SMILES string of the molecule is C=C(C)NCc1cc(C)cc(CC)c1. The van der Waals surface area contributed by atoms with Gasteiger partial charge in [-0.1, -0.05) is 37.3 Å². The van der Waals surface area contributed by atoms with Gasteiger partial charge in [0.1, 0.15) is 0 Å². The van der Waals surface area contributed by atoms with Crippen LogP contribution in [0.25, 0.3) is 0 Å². The zero-order valence-electron chi connectivity index (χ0n) is 9.35. The number of rotatable bonds is 4. The van der Waals surface area contributed by atoms with Gasteiger partial charge in [0, 0.05) is 12.2 Å². The van der Waals surface area contributed by atoms with Crippen LogP contribution in [0.5, 0.6) is 0 Å². The fourth-order valence-corrected chi connectivity index (χ4v) is 1.51. The maximum atomic E-state index is 3.82. The van der Waals surface area contributed by atoms with Crippen molar-refractivity contribution in [2.24, 2.45) is 0 Å². The van der Waals surface area contributed by atoms with Crippen LogP contribution in [-0.2, 0) is 13.0 Å². The summed E-state index contributed by atoms with van der Waals surface area (Å²) >= 11 is 0. The molecule has 0 unspecified atom stereocenters. The van der Waals surface area contributed by atoms with E-state index in [9.17, 15) is 0 Å². The van der Waals surface area contributed by atoms with Gasteiger partial charge in [-0.05, 0) is 31.4 Å². The minimum Gasteiger partial charge on any atom is -0.385 e. The number of hydrogen-bond donors (Lipinski definition) is 1. The Balaban J connectivity index is 2.76. The predicted molar refractivity (Wildman–Crippen MR) is 62.2 cm³/mol. The van der Waals surface area contributed by atoms with Gasteiger partial charge in [0.15, 0.2) is 0 Å². The van der Waals surface area contributed by atoms with Gasteiger partial charge in [-0.25, -0.2) is 0 Å². The van der Waals surface area contributed by atoms with Crippen LogP contribution >= 0.6 is 0 Å². The second-order valence-electron chi connectivity index (χ2n) is 3.81. The van der Waals surface area contributed by atoms with Gasteiger partial charge in [0.25, 0.3) is 0 Å². The van der Waals surface area contributed by atoms with Crippen LogP contribution in [0.2, 0.25) is 0 Å². The van der Waals surface area contributed by atoms with E-state index in [0.717, 1.165) is 18.7 Å². The van der Waals surface area contributed by atoms with Crippen molar-refractivity contribution in [3.8, 4) is 0 Å². The summed E-state index contributed by atoms with van der Waals surface area (Å²) in [6, 6.07) is 6.71. The molecule has 0 atom stereocenters. The Kier molecular flexibility index (Phi) is 3.75. The van der Waals surface area contributed by atoms with E-state index in [4.69, 9.17) is 0 Å². The molecule has 0 heterocycles. The lowest BCUT2D eigenvalue weighted by atomic mass is 10.0. The smallest absolute Gasteiger partial charge is 0.0397 e. The highest BCUT2D eigenvalue weighted by Gasteiger charge is 1.97. The van der Waals surface area contributed by atoms with Crippen LogP contribution in [0.4, 0.5) is 0 Å². The molecule has 0 amide bonds. The Bertz CT molecular complexity index is 326. The molecule has 0 aromatic heterocycles. The summed E-state index contributed by atoms with van der Waals surface area (Å²) in [6.07, 6.45) is 1.10. The van der Waals surface area contributed by atoms with E-state index in [1.165, 1.54) is 16.7 Å². The van der Waals surface area contributed by atoms with E-state index in [1.54, 1.807) is 0 Å². The highest BCUT2D eigenvalue weighted by atomic mass is 14.9. The molecule has 1 rings (SSSR count). The van der Waals surface area contributed by atoms with E-state index in [2.05, 4.69) is 43.9 Å². The first kappa shape index (κ1) is 10.8. The lowest BCUT2D eigenvalue weighted by Crippen LogP contribution is -2.09. The summed E-state index contributed by atoms with van der Waals surface area (Å²) in [6.45, 7) is 11.0. The largest absolute Gasteiger partial charge is 0.385 e. The van der Waals surface area contributed by atoms with Crippen molar-refractivity contribution in [2.45, 2.75) is 33.7 Å². The fourth-order valence-electron chi connectivity index (χ4n) is 1.51. The monoisotopic (exact) mass is 189 g/mol. The normalized spacial score (nSPS) is 9.93. The van der Waals surface area contributed by atoms with Gasteiger partial charge < -0.3 is 5.32 Å². The summed E-state index contributed by atoms with van der Waals surface area (Å²) in [4.78, 5) is 0. The topological polar surface area (TPSA) is 12.0 Å². The lowest BCUT2D eigenvalue weighted by Gasteiger charge is -2.08. The third kappa shape index (κ3) is 3.25. The highest BCUT2D eigenvalue weighted by Crippen LogP contribution is 2.10. The van der Waals surface area contributed by atoms with Gasteiger partial charge in [-0.2, -0.15) is 0 Å². The third-order valence-corrected chi connectivity index (χ3v) is 2.20. The van der Waals surface area contributed by atoms with Crippen LogP contribution in [0.3, 0.4) is 0 Å². The number of hydrogen-bond acceptors (Lipinski definition) is 1. The average molecular weight is 189 g/mol. The molecule has 1 heteroatoms. The molecule has 0 aliphatic carbocycles. The number of aryl methyl sites for hydroxylation is 2. The van der Waals surface area contributed by atoms with Crippen LogP contribution in [0, 0.1) is 6.92 Å². The van der Waals surface area contributed by atoms with E-state index in [-0.39, 0.29) is 0 Å². The second-order valence-corrected chi connectivity index (χ2v) is 3.81. The van der Waals surface area contributed by atoms with Crippen LogP contribution in [0.1, 0.15) is 30.5 Å². The summed E-state index contributed by atoms with van der Waals surface area (Å²) in [7, 11) is 0. The van der Waals surface area contributed by atoms with Crippen molar-refractivity contribution < 1.29 is 0 Å². The molecule has 1 aromatic carbocycles. The minimum atomic E-state index is 0.879. The van der Waals surface area contributed by atoms with E-state index in [0.29, 0.717) is 0 Å². The first-order chi connectivity index (χ1) is 6.61. The number of allylic oxidation sites excluding steroid dienone is 1. The molecule has 0 bridgehead atoms. The zero-order valence-corrected chi connectivity index (χ0v) is 9.35. The average Bonchev–Trinajstić information content (AvgIpc) is 2.14. The molecule has 0 saturated carbocycles. The number of benzene rings is 1. The van der Waals surface area contributed by atoms with Crippen molar-refractivity contribution in [2.75, 3.05) is 0 Å². The summed E-state index contributed by atoms with van der Waals surface area (Å²) in [5.74, 6) is 0. The molecule has 1 N–H and O–H groups in total. The molecule has 0 saturated heterocycles. The van der Waals surface area contributed by atoms with Crippen molar-refractivity contribution in [3.05, 3.63) is 47.2 Å². The molecule has 0 fully saturated rings. The lowest BCUT2D eigenvalue weighted by molar-refractivity contribution is 0.813. The molecular formula is C13H19N. The molecule has 0 aliphatic heterocycles. The first-order valence-corrected chi connectivity index (χ1v) is 5.10. The van der Waals surface area contributed by atoms with Crippen LogP contribution in [0.15, 0.2) is 30.5 Å². The third-order valence-electron chi connectivity index (χ3n) is 2.20. The summed E-state index contributed by atoms with van der Waals surface area (Å²) in [5, 5.41) is 3.25. The van der Waals surface area contributed by atoms with E-state index in [1.807, 2.05) is 6.92 Å². The van der Waals surface area contributed by atoms with Gasteiger partial charge in [0.2, 0.25) is 0 Å². The quantitative estimate of drug-likeness (QED) is 0.767. The molecule has 0 spiro atoms. The van der Waals surface area contributed by atoms with Crippen molar-refractivity contribution in [3.63, 3.8) is 0 Å². The first-order valence-electron chi connectivity index (χ1n) is 5.10. The molecule has 76 valence electrons. The molecular weight excluding hydrogens is 170 g/mol. The summed E-state index contributed by atoms with van der Waals surface area (Å²) < 4.78 is 0. The molecule has 1 nitrogen and oxygen atoms in total. The van der Waals surface area contributed by atoms with E-state index >= 15 is 0 Å². The van der Waals surface area contributed by atoms with Crippen molar-refractivity contribution >= 4 is 0 Å². The summed E-state index contributed by atoms with van der Waals surface area (Å²) in [5.41, 5.74) is 5.10. The molecule has 0 aliphatic rings. The van der Waals surface area contributed by atoms with Gasteiger partial charge in [0.05, 0.1) is 0 Å². The fraction of sp³-hybridized carbons (Fsp3) is 0.385. The second kappa shape index (κ2) is 4.85. The standard InChI is InChI=1S/C13H19N/c1-5-12-6-11(4)7-13(8-12)9-14-10(2)3/h6-8,14H,2,5,9H2,1,3-4H3. The van der Waals surface area contributed by atoms with Gasteiger partial charge >= 0.3 is 0 Å². The van der Waals surface area contributed by atoms with E-state index < -0.39 is 0 Å². The zero-order chi connectivity index (χ0) is 10.6. The minimum absolute atomic E-state index is 0.879.